The van der Waals surface area contributed by atoms with Crippen molar-refractivity contribution in [3.8, 4) is 22.3 Å². The first-order valence-corrected chi connectivity index (χ1v) is 24.2. The molecule has 1 aliphatic rings. The Labute approximate surface area is 398 Å². The van der Waals surface area contributed by atoms with Crippen LogP contribution in [0.25, 0.3) is 76.5 Å². The van der Waals surface area contributed by atoms with E-state index in [1.165, 1.54) is 76.8 Å². The minimum Gasteiger partial charge on any atom is -0.456 e. The average molecular weight is 877 g/mol. The first-order valence-electron chi connectivity index (χ1n) is 24.2. The summed E-state index contributed by atoms with van der Waals surface area (Å²) >= 11 is 0. The first-order chi connectivity index (χ1) is 33.5. The van der Waals surface area contributed by atoms with Crippen LogP contribution in [0.2, 0.25) is 0 Å². The predicted octanol–water partition coefficient (Wildman–Crippen LogP) is 17.5. The number of rotatable bonds is 8. The van der Waals surface area contributed by atoms with Crippen LogP contribution in [-0.2, 0) is 6.42 Å². The molecular formula is C65H52N2O. The molecule has 328 valence electrons. The highest BCUT2D eigenvalue weighted by atomic mass is 16.3. The lowest BCUT2D eigenvalue weighted by Crippen LogP contribution is -2.12. The lowest BCUT2D eigenvalue weighted by atomic mass is 9.82. The molecule has 0 N–H and O–H groups in total. The molecule has 12 rings (SSSR count). The molecule has 1 aromatic heterocycles. The summed E-state index contributed by atoms with van der Waals surface area (Å²) in [5, 5.41) is 9.65. The first kappa shape index (κ1) is 41.5. The minimum absolute atomic E-state index is 0.0567. The fourth-order valence-corrected chi connectivity index (χ4v) is 10.8. The van der Waals surface area contributed by atoms with Gasteiger partial charge in [0, 0.05) is 33.5 Å². The van der Waals surface area contributed by atoms with E-state index >= 15 is 0 Å². The van der Waals surface area contributed by atoms with Gasteiger partial charge in [0.25, 0.3) is 0 Å². The van der Waals surface area contributed by atoms with E-state index in [4.69, 9.17) is 14.4 Å². The molecule has 1 aliphatic carbocycles. The Morgan fingerprint density at radius 1 is 0.559 bits per heavy atom. The Morgan fingerprint density at radius 3 is 2.04 bits per heavy atom. The monoisotopic (exact) mass is 876 g/mol. The van der Waals surface area contributed by atoms with E-state index in [1.807, 2.05) is 0 Å². The standard InChI is InChI=1S/C65H52N2O/c1-4-41(2)63(51-25-16-24-47(36-51)43-17-6-5-7-18-43)67-65(52-30-29-44-19-8-9-21-46(44)37-52)66-42(3)53-39-59(64-60(40-53)56-27-14-15-28-61(56)68-64)55-33-32-50-35-48-22-10-11-23-49(48)38-58(50)62-54-26-13-12-20-45(54)31-34-57(55)62/h5-31,34-41,55,63H,4,32-33H2,1-3H3. The number of furan rings is 1. The third kappa shape index (κ3) is 7.49. The topological polar surface area (TPSA) is 37.9 Å². The van der Waals surface area contributed by atoms with E-state index in [9.17, 15) is 0 Å². The van der Waals surface area contributed by atoms with Gasteiger partial charge in [-0.05, 0) is 139 Å². The Balaban J connectivity index is 1.06. The summed E-state index contributed by atoms with van der Waals surface area (Å²) in [7, 11) is 0. The van der Waals surface area contributed by atoms with E-state index in [1.54, 1.807) is 0 Å². The second-order valence-electron chi connectivity index (χ2n) is 18.8. The largest absolute Gasteiger partial charge is 0.456 e. The molecular weight excluding hydrogens is 825 g/mol. The third-order valence-corrected chi connectivity index (χ3v) is 14.6. The van der Waals surface area contributed by atoms with Crippen LogP contribution in [0.5, 0.6) is 0 Å². The molecule has 68 heavy (non-hydrogen) atoms. The van der Waals surface area contributed by atoms with E-state index in [2.05, 4.69) is 227 Å². The summed E-state index contributed by atoms with van der Waals surface area (Å²) in [6, 6.07) is 75.1. The van der Waals surface area contributed by atoms with Crippen molar-refractivity contribution < 1.29 is 4.42 Å². The predicted molar refractivity (Wildman–Crippen MR) is 288 cm³/mol. The van der Waals surface area contributed by atoms with Gasteiger partial charge in [0.15, 0.2) is 5.84 Å². The zero-order valence-corrected chi connectivity index (χ0v) is 38.8. The second kappa shape index (κ2) is 17.4. The highest BCUT2D eigenvalue weighted by molar-refractivity contribution is 6.15. The second-order valence-corrected chi connectivity index (χ2v) is 18.8. The van der Waals surface area contributed by atoms with Gasteiger partial charge in [0.1, 0.15) is 11.2 Å². The number of fused-ring (bicyclic) bond motifs is 10. The fraction of sp³-hybridized carbons (Fsp3) is 0.138. The highest BCUT2D eigenvalue weighted by Gasteiger charge is 2.29. The van der Waals surface area contributed by atoms with Crippen molar-refractivity contribution in [3.63, 3.8) is 0 Å². The van der Waals surface area contributed by atoms with Crippen molar-refractivity contribution >= 4 is 65.8 Å². The molecule has 0 saturated heterocycles. The molecule has 0 bridgehead atoms. The molecule has 1 heterocycles. The number of benzene rings is 10. The van der Waals surface area contributed by atoms with Crippen LogP contribution in [0.15, 0.2) is 221 Å². The zero-order valence-electron chi connectivity index (χ0n) is 38.8. The number of hydrogen-bond donors (Lipinski definition) is 0. The van der Waals surface area contributed by atoms with Crippen molar-refractivity contribution in [1.82, 2.24) is 0 Å². The van der Waals surface area contributed by atoms with Crippen molar-refractivity contribution in [3.05, 3.63) is 240 Å². The third-order valence-electron chi connectivity index (χ3n) is 14.6. The maximum atomic E-state index is 6.96. The average Bonchev–Trinajstić information content (AvgIpc) is 3.70. The van der Waals surface area contributed by atoms with Crippen molar-refractivity contribution in [1.29, 1.82) is 0 Å². The maximum Gasteiger partial charge on any atom is 0.155 e. The SMILES string of the molecule is CCC(C)C(N=C(N=C(C)c1cc(C2CCc3cc4ccccc4cc3-c3c2ccc2ccccc32)c2oc3ccccc3c2c1)c1ccc2ccccc2c1)c1cccc(-c2ccccc2)c1. The summed E-state index contributed by atoms with van der Waals surface area (Å²) < 4.78 is 6.96. The summed E-state index contributed by atoms with van der Waals surface area (Å²) in [5.41, 5.74) is 15.0. The van der Waals surface area contributed by atoms with Gasteiger partial charge in [0.2, 0.25) is 0 Å². The molecule has 0 fully saturated rings. The number of nitrogens with zero attached hydrogens (tertiary/aromatic N) is 2. The van der Waals surface area contributed by atoms with Gasteiger partial charge in [-0.1, -0.05) is 190 Å². The summed E-state index contributed by atoms with van der Waals surface area (Å²) in [6.07, 6.45) is 2.85. The van der Waals surface area contributed by atoms with E-state index in [0.717, 1.165) is 63.9 Å². The number of aliphatic imine (C=N–C) groups is 2. The number of para-hydroxylation sites is 1. The van der Waals surface area contributed by atoms with Crippen LogP contribution in [0.1, 0.15) is 79.0 Å². The zero-order chi connectivity index (χ0) is 45.7. The van der Waals surface area contributed by atoms with E-state index < -0.39 is 0 Å². The van der Waals surface area contributed by atoms with E-state index in [-0.39, 0.29) is 17.9 Å². The summed E-state index contributed by atoms with van der Waals surface area (Å²) in [6.45, 7) is 6.74. The van der Waals surface area contributed by atoms with Gasteiger partial charge in [-0.3, -0.25) is 4.99 Å². The lowest BCUT2D eigenvalue weighted by Gasteiger charge is -2.22. The Kier molecular flexibility index (Phi) is 10.6. The van der Waals surface area contributed by atoms with Crippen molar-refractivity contribution in [2.24, 2.45) is 15.9 Å². The van der Waals surface area contributed by atoms with Gasteiger partial charge < -0.3 is 4.42 Å². The summed E-state index contributed by atoms with van der Waals surface area (Å²) in [5.74, 6) is 1.05. The van der Waals surface area contributed by atoms with Crippen molar-refractivity contribution in [2.75, 3.05) is 0 Å². The molecule has 0 saturated carbocycles. The van der Waals surface area contributed by atoms with Gasteiger partial charge in [-0.15, -0.1) is 0 Å². The van der Waals surface area contributed by atoms with Crippen LogP contribution < -0.4 is 0 Å². The minimum atomic E-state index is -0.117. The molecule has 10 aromatic carbocycles. The molecule has 3 heteroatoms. The van der Waals surface area contributed by atoms with Crippen molar-refractivity contribution in [2.45, 2.75) is 52.0 Å². The number of aryl methyl sites for hydroxylation is 1. The van der Waals surface area contributed by atoms with Crippen LogP contribution in [-0.4, -0.2) is 11.5 Å². The van der Waals surface area contributed by atoms with Crippen LogP contribution >= 0.6 is 0 Å². The molecule has 3 nitrogen and oxygen atoms in total. The van der Waals surface area contributed by atoms with Crippen LogP contribution in [0.4, 0.5) is 0 Å². The smallest absolute Gasteiger partial charge is 0.155 e. The maximum absolute atomic E-state index is 6.96. The number of hydrogen-bond acceptors (Lipinski definition) is 2. The quantitative estimate of drug-likeness (QED) is 0.111. The normalized spacial score (nSPS) is 15.1. The summed E-state index contributed by atoms with van der Waals surface area (Å²) in [4.78, 5) is 11.4. The molecule has 0 radical (unpaired) electrons. The van der Waals surface area contributed by atoms with Gasteiger partial charge in [-0.2, -0.15) is 0 Å². The Morgan fingerprint density at radius 2 is 1.24 bits per heavy atom. The molecule has 11 aromatic rings. The Hall–Kier alpha value is -7.88. The van der Waals surface area contributed by atoms with Crippen LogP contribution in [0, 0.1) is 5.92 Å². The Bertz CT molecular complexity index is 3780. The van der Waals surface area contributed by atoms with Gasteiger partial charge in [0.05, 0.1) is 6.04 Å². The molecule has 0 aliphatic heterocycles. The van der Waals surface area contributed by atoms with Gasteiger partial charge in [-0.25, -0.2) is 4.99 Å². The van der Waals surface area contributed by atoms with Gasteiger partial charge >= 0.3 is 0 Å². The van der Waals surface area contributed by atoms with E-state index in [0.29, 0.717) is 0 Å². The molecule has 0 spiro atoms. The van der Waals surface area contributed by atoms with Crippen LogP contribution in [0.3, 0.4) is 0 Å². The molecule has 3 unspecified atom stereocenters. The molecule has 0 amide bonds. The number of amidine groups is 1. The fourth-order valence-electron chi connectivity index (χ4n) is 10.8. The lowest BCUT2D eigenvalue weighted by molar-refractivity contribution is 0.459. The highest BCUT2D eigenvalue weighted by Crippen LogP contribution is 2.48. The molecule has 3 atom stereocenters.